The molecule has 1 fully saturated rings. The van der Waals surface area contributed by atoms with E-state index in [-0.39, 0.29) is 17.5 Å². The van der Waals surface area contributed by atoms with Crippen LogP contribution < -0.4 is 15.0 Å². The van der Waals surface area contributed by atoms with Gasteiger partial charge in [-0.15, -0.1) is 0 Å². The molecule has 8 nitrogen and oxygen atoms in total. The number of aromatic nitrogens is 2. The first-order valence-corrected chi connectivity index (χ1v) is 8.83. The van der Waals surface area contributed by atoms with Gasteiger partial charge in [-0.05, 0) is 18.2 Å². The minimum absolute atomic E-state index is 0.0653. The normalized spacial score (nSPS) is 14.0. The highest BCUT2D eigenvalue weighted by molar-refractivity contribution is 6.32. The molecular weight excluding hydrogens is 370 g/mol. The van der Waals surface area contributed by atoms with E-state index in [1.807, 2.05) is 4.90 Å². The number of halogens is 1. The van der Waals surface area contributed by atoms with Crippen LogP contribution in [0, 0.1) is 0 Å². The Bertz CT molecular complexity index is 853. The maximum absolute atomic E-state index is 12.5. The third kappa shape index (κ3) is 4.46. The number of carbonyl (C=O) groups excluding carboxylic acids is 2. The number of piperazine rings is 1. The zero-order chi connectivity index (χ0) is 19.4. The van der Waals surface area contributed by atoms with Crippen molar-refractivity contribution in [1.29, 1.82) is 0 Å². The monoisotopic (exact) mass is 389 g/mol. The summed E-state index contributed by atoms with van der Waals surface area (Å²) in [5.41, 5.74) is 0.793. The van der Waals surface area contributed by atoms with Gasteiger partial charge in [0.1, 0.15) is 23.6 Å². The van der Waals surface area contributed by atoms with Crippen molar-refractivity contribution in [2.45, 2.75) is 6.92 Å². The molecule has 1 aromatic carbocycles. The predicted octanol–water partition coefficient (Wildman–Crippen LogP) is 2.06. The number of rotatable bonds is 4. The van der Waals surface area contributed by atoms with Gasteiger partial charge in [0.2, 0.25) is 5.91 Å². The standard InChI is InChI=1S/C18H20ClN5O3/c1-12(25)23-5-7-24(8-6-23)17-10-15(20-11-21-17)18(26)22-13-3-4-16(27-2)14(19)9-13/h3-4,9-11H,5-8H2,1-2H3,(H,22,26). The Morgan fingerprint density at radius 3 is 2.52 bits per heavy atom. The molecule has 3 rings (SSSR count). The van der Waals surface area contributed by atoms with Gasteiger partial charge in [-0.2, -0.15) is 0 Å². The van der Waals surface area contributed by atoms with E-state index in [0.29, 0.717) is 48.5 Å². The van der Waals surface area contributed by atoms with Crippen LogP contribution in [0.4, 0.5) is 11.5 Å². The zero-order valence-electron chi connectivity index (χ0n) is 15.1. The van der Waals surface area contributed by atoms with Gasteiger partial charge in [0.15, 0.2) is 0 Å². The molecule has 27 heavy (non-hydrogen) atoms. The van der Waals surface area contributed by atoms with Crippen molar-refractivity contribution >= 4 is 34.9 Å². The van der Waals surface area contributed by atoms with E-state index in [1.165, 1.54) is 13.4 Å². The van der Waals surface area contributed by atoms with E-state index in [0.717, 1.165) is 0 Å². The van der Waals surface area contributed by atoms with Crippen molar-refractivity contribution in [3.8, 4) is 5.75 Å². The lowest BCUT2D eigenvalue weighted by molar-refractivity contribution is -0.129. The lowest BCUT2D eigenvalue weighted by atomic mass is 10.2. The molecule has 142 valence electrons. The highest BCUT2D eigenvalue weighted by Crippen LogP contribution is 2.27. The van der Waals surface area contributed by atoms with Crippen LogP contribution in [-0.2, 0) is 4.79 Å². The SMILES string of the molecule is COc1ccc(NC(=O)c2cc(N3CCN(C(C)=O)CC3)ncn2)cc1Cl. The summed E-state index contributed by atoms with van der Waals surface area (Å²) in [7, 11) is 1.53. The summed E-state index contributed by atoms with van der Waals surface area (Å²) in [5, 5.41) is 3.17. The fraction of sp³-hybridized carbons (Fsp3) is 0.333. The molecule has 2 aromatic rings. The summed E-state index contributed by atoms with van der Waals surface area (Å²) in [6.07, 6.45) is 1.36. The lowest BCUT2D eigenvalue weighted by Gasteiger charge is -2.34. The summed E-state index contributed by atoms with van der Waals surface area (Å²) < 4.78 is 5.10. The van der Waals surface area contributed by atoms with Gasteiger partial charge < -0.3 is 19.9 Å². The number of amides is 2. The van der Waals surface area contributed by atoms with Crippen LogP contribution in [0.2, 0.25) is 5.02 Å². The second-order valence-corrected chi connectivity index (χ2v) is 6.47. The van der Waals surface area contributed by atoms with Crippen LogP contribution in [0.3, 0.4) is 0 Å². The van der Waals surface area contributed by atoms with E-state index in [9.17, 15) is 9.59 Å². The average Bonchev–Trinajstić information content (AvgIpc) is 2.68. The highest BCUT2D eigenvalue weighted by Gasteiger charge is 2.20. The van der Waals surface area contributed by atoms with Crippen molar-refractivity contribution in [2.75, 3.05) is 43.5 Å². The Balaban J connectivity index is 1.69. The minimum atomic E-state index is -0.359. The third-order valence-corrected chi connectivity index (χ3v) is 4.64. The molecule has 0 spiro atoms. The number of ether oxygens (including phenoxy) is 1. The fourth-order valence-corrected chi connectivity index (χ4v) is 3.09. The van der Waals surface area contributed by atoms with Gasteiger partial charge in [0.05, 0.1) is 12.1 Å². The molecule has 0 saturated carbocycles. The van der Waals surface area contributed by atoms with Crippen molar-refractivity contribution in [3.63, 3.8) is 0 Å². The Hall–Kier alpha value is -2.87. The van der Waals surface area contributed by atoms with Gasteiger partial charge in [0.25, 0.3) is 5.91 Å². The summed E-state index contributed by atoms with van der Waals surface area (Å²) >= 11 is 6.08. The van der Waals surface area contributed by atoms with Crippen LogP contribution in [0.15, 0.2) is 30.6 Å². The maximum atomic E-state index is 12.5. The molecule has 1 aliphatic heterocycles. The van der Waals surface area contributed by atoms with E-state index in [2.05, 4.69) is 15.3 Å². The number of hydrogen-bond acceptors (Lipinski definition) is 6. The molecule has 0 bridgehead atoms. The Morgan fingerprint density at radius 1 is 1.15 bits per heavy atom. The predicted molar refractivity (Wildman–Crippen MR) is 102 cm³/mol. The maximum Gasteiger partial charge on any atom is 0.274 e. The molecule has 9 heteroatoms. The largest absolute Gasteiger partial charge is 0.495 e. The van der Waals surface area contributed by atoms with Crippen LogP contribution in [-0.4, -0.2) is 60.0 Å². The third-order valence-electron chi connectivity index (χ3n) is 4.34. The molecular formula is C18H20ClN5O3. The van der Waals surface area contributed by atoms with Crippen molar-refractivity contribution < 1.29 is 14.3 Å². The van der Waals surface area contributed by atoms with E-state index >= 15 is 0 Å². The lowest BCUT2D eigenvalue weighted by Crippen LogP contribution is -2.48. The number of benzene rings is 1. The topological polar surface area (TPSA) is 87.7 Å². The summed E-state index contributed by atoms with van der Waals surface area (Å²) in [6.45, 7) is 4.14. The number of anilines is 2. The van der Waals surface area contributed by atoms with Crippen molar-refractivity contribution in [3.05, 3.63) is 41.3 Å². The number of hydrogen-bond donors (Lipinski definition) is 1. The molecule has 0 unspecified atom stereocenters. The number of nitrogens with one attached hydrogen (secondary N) is 1. The Labute approximate surface area is 162 Å². The van der Waals surface area contributed by atoms with Crippen LogP contribution in [0.25, 0.3) is 0 Å². The fourth-order valence-electron chi connectivity index (χ4n) is 2.83. The van der Waals surface area contributed by atoms with Gasteiger partial charge in [0, 0.05) is 44.9 Å². The quantitative estimate of drug-likeness (QED) is 0.861. The summed E-state index contributed by atoms with van der Waals surface area (Å²) in [4.78, 5) is 36.1. The van der Waals surface area contributed by atoms with E-state index in [4.69, 9.17) is 16.3 Å². The van der Waals surface area contributed by atoms with Gasteiger partial charge in [-0.25, -0.2) is 9.97 Å². The summed E-state index contributed by atoms with van der Waals surface area (Å²) in [5.74, 6) is 0.896. The van der Waals surface area contributed by atoms with Crippen molar-refractivity contribution in [2.24, 2.45) is 0 Å². The molecule has 2 heterocycles. The van der Waals surface area contributed by atoms with E-state index < -0.39 is 0 Å². The molecule has 2 amide bonds. The number of nitrogens with zero attached hydrogens (tertiary/aromatic N) is 4. The average molecular weight is 390 g/mol. The van der Waals surface area contributed by atoms with Gasteiger partial charge in [-0.3, -0.25) is 9.59 Å². The highest BCUT2D eigenvalue weighted by atomic mass is 35.5. The smallest absolute Gasteiger partial charge is 0.274 e. The zero-order valence-corrected chi connectivity index (χ0v) is 15.9. The molecule has 0 atom stereocenters. The molecule has 1 aliphatic rings. The Kier molecular flexibility index (Phi) is 5.75. The second-order valence-electron chi connectivity index (χ2n) is 6.06. The molecule has 1 aromatic heterocycles. The van der Waals surface area contributed by atoms with Gasteiger partial charge in [-0.1, -0.05) is 11.6 Å². The van der Waals surface area contributed by atoms with Crippen LogP contribution >= 0.6 is 11.6 Å². The number of carbonyl (C=O) groups is 2. The summed E-state index contributed by atoms with van der Waals surface area (Å²) in [6, 6.07) is 6.63. The van der Waals surface area contributed by atoms with Crippen LogP contribution in [0.1, 0.15) is 17.4 Å². The molecule has 1 saturated heterocycles. The minimum Gasteiger partial charge on any atom is -0.495 e. The first-order chi connectivity index (χ1) is 13.0. The second kappa shape index (κ2) is 8.22. The van der Waals surface area contributed by atoms with Gasteiger partial charge >= 0.3 is 0 Å². The van der Waals surface area contributed by atoms with E-state index in [1.54, 1.807) is 36.1 Å². The first kappa shape index (κ1) is 18.9. The first-order valence-electron chi connectivity index (χ1n) is 8.45. The van der Waals surface area contributed by atoms with Crippen molar-refractivity contribution in [1.82, 2.24) is 14.9 Å². The Morgan fingerprint density at radius 2 is 1.89 bits per heavy atom. The molecule has 0 aliphatic carbocycles. The number of methoxy groups -OCH3 is 1. The molecule has 0 radical (unpaired) electrons. The van der Waals surface area contributed by atoms with Crippen LogP contribution in [0.5, 0.6) is 5.75 Å². The molecule has 1 N–H and O–H groups in total.